The number of esters is 2. The van der Waals surface area contributed by atoms with Crippen molar-refractivity contribution in [3.05, 3.63) is 155 Å². The maximum Gasteiger partial charge on any atom is 0.329 e. The summed E-state index contributed by atoms with van der Waals surface area (Å²) >= 11 is 0. The van der Waals surface area contributed by atoms with Crippen molar-refractivity contribution in [2.75, 3.05) is 0 Å². The Morgan fingerprint density at radius 1 is 0.500 bits per heavy atom. The molecule has 46 heavy (non-hydrogen) atoms. The lowest BCUT2D eigenvalue weighted by Gasteiger charge is -2.18. The van der Waals surface area contributed by atoms with Crippen LogP contribution in [-0.2, 0) is 45.1 Å². The van der Waals surface area contributed by atoms with E-state index in [-0.39, 0.29) is 37.6 Å². The highest BCUT2D eigenvalue weighted by Gasteiger charge is 2.26. The van der Waals surface area contributed by atoms with E-state index in [9.17, 15) is 19.2 Å². The average Bonchev–Trinajstić information content (AvgIpc) is 3.83. The van der Waals surface area contributed by atoms with Gasteiger partial charge in [-0.25, -0.2) is 9.59 Å². The molecule has 2 unspecified atom stereocenters. The third-order valence-corrected chi connectivity index (χ3v) is 7.02. The topological polar surface area (TPSA) is 137 Å². The standard InChI is InChI=1S/C36H32N2O8/c39-33(31-13-7-19-43-31)37-29(21-25-9-3-1-4-10-25)35(41)45-23-27-15-17-28(18-16-27)24-46-36(42)30(22-26-11-5-2-6-12-26)38-34(40)32-14-8-20-44-32/h1-20,29-30H,21-24H2,(H,37,39)(H,38,40). The van der Waals surface area contributed by atoms with Gasteiger partial charge >= 0.3 is 11.9 Å². The van der Waals surface area contributed by atoms with Gasteiger partial charge in [-0.3, -0.25) is 9.59 Å². The van der Waals surface area contributed by atoms with E-state index >= 15 is 0 Å². The zero-order valence-corrected chi connectivity index (χ0v) is 24.8. The fourth-order valence-electron chi connectivity index (χ4n) is 4.60. The van der Waals surface area contributed by atoms with Gasteiger partial charge in [0.05, 0.1) is 12.5 Å². The number of carbonyl (C=O) groups excluding carboxylic acids is 4. The van der Waals surface area contributed by atoms with Gasteiger partial charge in [0.2, 0.25) is 0 Å². The van der Waals surface area contributed by atoms with Crippen molar-refractivity contribution in [3.8, 4) is 0 Å². The Hall–Kier alpha value is -5.90. The van der Waals surface area contributed by atoms with Gasteiger partial charge in [-0.1, -0.05) is 84.9 Å². The minimum absolute atomic E-state index is 0.0290. The second-order valence-corrected chi connectivity index (χ2v) is 10.4. The summed E-state index contributed by atoms with van der Waals surface area (Å²) in [4.78, 5) is 51.3. The van der Waals surface area contributed by atoms with E-state index in [1.54, 1.807) is 36.4 Å². The van der Waals surface area contributed by atoms with E-state index < -0.39 is 35.8 Å². The third-order valence-electron chi connectivity index (χ3n) is 7.02. The van der Waals surface area contributed by atoms with Gasteiger partial charge in [0.15, 0.2) is 11.5 Å². The molecule has 2 aromatic heterocycles. The number of hydrogen-bond acceptors (Lipinski definition) is 8. The van der Waals surface area contributed by atoms with E-state index in [0.29, 0.717) is 11.1 Å². The Balaban J connectivity index is 1.16. The highest BCUT2D eigenvalue weighted by Crippen LogP contribution is 2.13. The second kappa shape index (κ2) is 15.7. The quantitative estimate of drug-likeness (QED) is 0.165. The number of rotatable bonds is 14. The van der Waals surface area contributed by atoms with Crippen LogP contribution in [0, 0.1) is 0 Å². The lowest BCUT2D eigenvalue weighted by Crippen LogP contribution is -2.43. The third kappa shape index (κ3) is 9.06. The average molecular weight is 621 g/mol. The van der Waals surface area contributed by atoms with Crippen LogP contribution in [0.5, 0.6) is 0 Å². The van der Waals surface area contributed by atoms with Crippen LogP contribution in [0.3, 0.4) is 0 Å². The van der Waals surface area contributed by atoms with E-state index in [1.165, 1.54) is 24.7 Å². The Morgan fingerprint density at radius 3 is 1.24 bits per heavy atom. The summed E-state index contributed by atoms with van der Waals surface area (Å²) in [5, 5.41) is 5.39. The lowest BCUT2D eigenvalue weighted by atomic mass is 10.1. The van der Waals surface area contributed by atoms with Gasteiger partial charge in [0.25, 0.3) is 11.8 Å². The Kier molecular flexibility index (Phi) is 10.8. The molecule has 2 atom stereocenters. The molecule has 0 bridgehead atoms. The van der Waals surface area contributed by atoms with Gasteiger partial charge in [0, 0.05) is 12.8 Å². The van der Waals surface area contributed by atoms with Crippen LogP contribution in [-0.4, -0.2) is 35.8 Å². The van der Waals surface area contributed by atoms with Crippen LogP contribution in [0.15, 0.2) is 131 Å². The SMILES string of the molecule is O=C(NC(Cc1ccccc1)C(=O)OCc1ccc(COC(=O)C(Cc2ccccc2)NC(=O)c2ccco2)cc1)c1ccco1. The summed E-state index contributed by atoms with van der Waals surface area (Å²) in [6.07, 6.45) is 3.24. The second-order valence-electron chi connectivity index (χ2n) is 10.4. The van der Waals surface area contributed by atoms with Crippen molar-refractivity contribution in [3.63, 3.8) is 0 Å². The Morgan fingerprint density at radius 2 is 0.891 bits per heavy atom. The van der Waals surface area contributed by atoms with Gasteiger partial charge in [0.1, 0.15) is 25.3 Å². The maximum absolute atomic E-state index is 13.1. The number of amides is 2. The monoisotopic (exact) mass is 620 g/mol. The molecule has 0 saturated carbocycles. The first-order valence-corrected chi connectivity index (χ1v) is 14.6. The van der Waals surface area contributed by atoms with Crippen LogP contribution < -0.4 is 10.6 Å². The minimum Gasteiger partial charge on any atom is -0.459 e. The van der Waals surface area contributed by atoms with Gasteiger partial charge < -0.3 is 28.9 Å². The van der Waals surface area contributed by atoms with E-state index in [0.717, 1.165) is 11.1 Å². The first kappa shape index (κ1) is 31.5. The molecule has 3 aromatic carbocycles. The van der Waals surface area contributed by atoms with Crippen molar-refractivity contribution in [2.24, 2.45) is 0 Å². The highest BCUT2D eigenvalue weighted by molar-refractivity contribution is 5.95. The number of benzene rings is 3. The van der Waals surface area contributed by atoms with E-state index in [4.69, 9.17) is 18.3 Å². The molecular weight excluding hydrogens is 588 g/mol. The molecule has 0 radical (unpaired) electrons. The molecule has 2 amide bonds. The molecule has 0 aliphatic carbocycles. The van der Waals surface area contributed by atoms with Gasteiger partial charge in [-0.05, 0) is 46.5 Å². The molecule has 0 aliphatic heterocycles. The Bertz CT molecular complexity index is 1570. The number of carbonyl (C=O) groups is 4. The molecule has 0 aliphatic rings. The van der Waals surface area contributed by atoms with E-state index in [1.807, 2.05) is 60.7 Å². The summed E-state index contributed by atoms with van der Waals surface area (Å²) in [5.74, 6) is -2.05. The molecule has 10 nitrogen and oxygen atoms in total. The molecule has 0 spiro atoms. The first-order valence-electron chi connectivity index (χ1n) is 14.6. The number of nitrogens with one attached hydrogen (secondary N) is 2. The van der Waals surface area contributed by atoms with Crippen molar-refractivity contribution in [1.82, 2.24) is 10.6 Å². The van der Waals surface area contributed by atoms with Crippen molar-refractivity contribution in [2.45, 2.75) is 38.1 Å². The number of furan rings is 2. The molecule has 10 heteroatoms. The fraction of sp³-hybridized carbons (Fsp3) is 0.167. The predicted molar refractivity (Wildman–Crippen MR) is 166 cm³/mol. The predicted octanol–water partition coefficient (Wildman–Crippen LogP) is 5.04. The minimum atomic E-state index is -0.934. The summed E-state index contributed by atoms with van der Waals surface area (Å²) in [6, 6.07) is 30.0. The van der Waals surface area contributed by atoms with Crippen LogP contribution in [0.1, 0.15) is 43.4 Å². The summed E-state index contributed by atoms with van der Waals surface area (Å²) < 4.78 is 21.4. The zero-order valence-electron chi connectivity index (χ0n) is 24.8. The largest absolute Gasteiger partial charge is 0.459 e. The zero-order chi connectivity index (χ0) is 32.1. The van der Waals surface area contributed by atoms with E-state index in [2.05, 4.69) is 10.6 Å². The summed E-state index contributed by atoms with van der Waals surface area (Å²) in [7, 11) is 0. The van der Waals surface area contributed by atoms with Crippen LogP contribution in [0.25, 0.3) is 0 Å². The summed E-state index contributed by atoms with van der Waals surface area (Å²) in [6.45, 7) is -0.0580. The van der Waals surface area contributed by atoms with Crippen LogP contribution in [0.2, 0.25) is 0 Å². The van der Waals surface area contributed by atoms with Crippen molar-refractivity contribution < 1.29 is 37.5 Å². The fourth-order valence-corrected chi connectivity index (χ4v) is 4.60. The first-order chi connectivity index (χ1) is 22.4. The number of hydrogen-bond donors (Lipinski definition) is 2. The van der Waals surface area contributed by atoms with Gasteiger partial charge in [-0.2, -0.15) is 0 Å². The molecule has 2 N–H and O–H groups in total. The van der Waals surface area contributed by atoms with Gasteiger partial charge in [-0.15, -0.1) is 0 Å². The number of ether oxygens (including phenoxy) is 2. The van der Waals surface area contributed by atoms with Crippen LogP contribution in [0.4, 0.5) is 0 Å². The highest BCUT2D eigenvalue weighted by atomic mass is 16.5. The molecule has 5 aromatic rings. The van der Waals surface area contributed by atoms with Crippen molar-refractivity contribution >= 4 is 23.8 Å². The molecular formula is C36H32N2O8. The Labute approximate surface area is 265 Å². The molecule has 5 rings (SSSR count). The lowest BCUT2D eigenvalue weighted by molar-refractivity contribution is -0.148. The molecule has 0 saturated heterocycles. The molecule has 0 fully saturated rings. The maximum atomic E-state index is 13.1. The smallest absolute Gasteiger partial charge is 0.329 e. The molecule has 2 heterocycles. The summed E-state index contributed by atoms with van der Waals surface area (Å²) in [5.41, 5.74) is 3.11. The molecule has 234 valence electrons. The van der Waals surface area contributed by atoms with Crippen molar-refractivity contribution in [1.29, 1.82) is 0 Å². The normalized spacial score (nSPS) is 12.0. The van der Waals surface area contributed by atoms with Crippen LogP contribution >= 0.6 is 0 Å².